The summed E-state index contributed by atoms with van der Waals surface area (Å²) < 4.78 is 53.4. The molecule has 4 saturated carbocycles. The summed E-state index contributed by atoms with van der Waals surface area (Å²) in [6.45, 7) is 8.71. The topological polar surface area (TPSA) is 213 Å². The number of amides is 6. The molecule has 2 spiro atoms. The molecule has 4 saturated heterocycles. The lowest BCUT2D eigenvalue weighted by Crippen LogP contribution is -2.60. The molecular formula is C45H66FN7O10S. The summed E-state index contributed by atoms with van der Waals surface area (Å²) in [5, 5.41) is 5.98. The highest BCUT2D eigenvalue weighted by molar-refractivity contribution is 7.87. The second kappa shape index (κ2) is 18.0. The fraction of sp³-hybridized carbons (Fsp3) is 0.800. The van der Waals surface area contributed by atoms with Crippen LogP contribution in [0.15, 0.2) is 17.6 Å². The van der Waals surface area contributed by atoms with Gasteiger partial charge in [0.1, 0.15) is 42.7 Å². The molecule has 8 rings (SSSR count). The number of fused-ring (bicyclic) bond motifs is 1. The Morgan fingerprint density at radius 2 is 1.58 bits per heavy atom. The maximum atomic E-state index is 15.5. The van der Waals surface area contributed by atoms with Crippen molar-refractivity contribution in [1.29, 1.82) is 0 Å². The molecular weight excluding hydrogens is 850 g/mol. The SMILES string of the molecule is C=C[C@@H]1C[C@]1(NC(=O)[C@@H]1C[C@@]2(CN1C(=O)[C@@H](NC(=O)C(=NC(=O)[C@@H]1CCCN1C(=O)OCCF)C1CCCCC1)C1CCOCC1)C(C)(C)C21CCC1)C(=O)NS(=O)(=O)N1CCCC1. The van der Waals surface area contributed by atoms with E-state index in [1.807, 2.05) is 0 Å². The molecule has 0 bridgehead atoms. The van der Waals surface area contributed by atoms with Crippen LogP contribution in [-0.4, -0.2) is 140 Å². The molecule has 8 aliphatic rings. The molecule has 17 nitrogen and oxygen atoms in total. The largest absolute Gasteiger partial charge is 0.447 e. The van der Waals surface area contributed by atoms with Crippen molar-refractivity contribution in [3.05, 3.63) is 12.7 Å². The van der Waals surface area contributed by atoms with Crippen molar-refractivity contribution in [2.45, 2.75) is 140 Å². The normalized spacial score (nSPS) is 31.9. The lowest BCUT2D eigenvalue weighted by atomic mass is 9.73. The molecule has 354 valence electrons. The molecule has 0 aromatic heterocycles. The van der Waals surface area contributed by atoms with Crippen LogP contribution in [0.2, 0.25) is 0 Å². The van der Waals surface area contributed by atoms with Gasteiger partial charge in [0.25, 0.3) is 17.7 Å². The monoisotopic (exact) mass is 915 g/mol. The summed E-state index contributed by atoms with van der Waals surface area (Å²) >= 11 is 0. The van der Waals surface area contributed by atoms with Gasteiger partial charge in [0.2, 0.25) is 11.8 Å². The molecule has 4 heterocycles. The van der Waals surface area contributed by atoms with Crippen LogP contribution in [0, 0.1) is 34.0 Å². The van der Waals surface area contributed by atoms with Gasteiger partial charge >= 0.3 is 16.3 Å². The third kappa shape index (κ3) is 8.06. The van der Waals surface area contributed by atoms with E-state index in [0.717, 1.165) is 38.5 Å². The van der Waals surface area contributed by atoms with E-state index in [0.29, 0.717) is 84.1 Å². The minimum absolute atomic E-state index is 0.00325. The average Bonchev–Trinajstić information content (AvgIpc) is 3.68. The number of ether oxygens (including phenoxy) is 2. The molecule has 19 heteroatoms. The van der Waals surface area contributed by atoms with Gasteiger partial charge in [-0.25, -0.2) is 18.9 Å². The van der Waals surface area contributed by atoms with Crippen molar-refractivity contribution < 1.29 is 51.0 Å². The molecule has 0 aromatic carbocycles. The Kier molecular flexibility index (Phi) is 13.1. The van der Waals surface area contributed by atoms with Crippen molar-refractivity contribution in [2.75, 3.05) is 52.7 Å². The van der Waals surface area contributed by atoms with Crippen LogP contribution in [0.3, 0.4) is 0 Å². The Balaban J connectivity index is 1.08. The van der Waals surface area contributed by atoms with E-state index in [-0.39, 0.29) is 47.9 Å². The number of carbonyl (C=O) groups excluding carboxylic acids is 6. The van der Waals surface area contributed by atoms with Crippen LogP contribution < -0.4 is 15.4 Å². The van der Waals surface area contributed by atoms with Gasteiger partial charge in [-0.3, -0.25) is 28.9 Å². The standard InChI is InChI=1S/C45H66FN7O10S/c1-4-31-26-45(31,40(58)50-64(60,61)51-20-8-9-21-51)49-37(55)33-27-44(42(2,3)43(44)17-11-18-43)28-53(33)39(57)35(30-15-23-62-24-16-30)48-38(56)34(29-12-6-5-7-13-29)47-36(54)32-14-10-22-52(32)41(59)63-25-19-46/h4,29-33,35H,1,5-28H2,2-3H3,(H,48,56)(H,49,55)(H,50,58)/t31-,32+,33+,35+,44-,45-/m1/s1. The summed E-state index contributed by atoms with van der Waals surface area (Å²) in [6, 6.07) is -3.13. The first-order valence-electron chi connectivity index (χ1n) is 23.6. The van der Waals surface area contributed by atoms with Crippen LogP contribution in [0.4, 0.5) is 9.18 Å². The third-order valence-electron chi connectivity index (χ3n) is 16.9. The number of rotatable bonds is 14. The highest BCUT2D eigenvalue weighted by Crippen LogP contribution is 2.88. The summed E-state index contributed by atoms with van der Waals surface area (Å²) in [5.41, 5.74) is -2.27. The van der Waals surface area contributed by atoms with Crippen molar-refractivity contribution in [1.82, 2.24) is 29.5 Å². The zero-order valence-corrected chi connectivity index (χ0v) is 38.2. The molecule has 4 aliphatic heterocycles. The Morgan fingerprint density at radius 3 is 2.19 bits per heavy atom. The number of likely N-dealkylation sites (tertiary alicyclic amines) is 2. The second-order valence-electron chi connectivity index (χ2n) is 20.1. The van der Waals surface area contributed by atoms with Crippen molar-refractivity contribution in [3.63, 3.8) is 0 Å². The van der Waals surface area contributed by atoms with Gasteiger partial charge in [-0.2, -0.15) is 12.7 Å². The van der Waals surface area contributed by atoms with E-state index in [1.165, 1.54) is 15.3 Å². The molecule has 4 aliphatic carbocycles. The number of halogens is 1. The summed E-state index contributed by atoms with van der Waals surface area (Å²) in [4.78, 5) is 93.0. The third-order valence-corrected chi connectivity index (χ3v) is 18.4. The fourth-order valence-corrected chi connectivity index (χ4v) is 14.1. The Morgan fingerprint density at radius 1 is 0.875 bits per heavy atom. The predicted octanol–water partition coefficient (Wildman–Crippen LogP) is 3.33. The molecule has 6 amide bonds. The molecule has 64 heavy (non-hydrogen) atoms. The number of aliphatic imine (C=N–C) groups is 1. The molecule has 8 fully saturated rings. The first kappa shape index (κ1) is 46.6. The van der Waals surface area contributed by atoms with Crippen LogP contribution in [-0.2, 0) is 43.7 Å². The number of nitrogens with zero attached hydrogens (tertiary/aromatic N) is 4. The van der Waals surface area contributed by atoms with Gasteiger partial charge in [-0.15, -0.1) is 6.58 Å². The second-order valence-corrected chi connectivity index (χ2v) is 21.8. The van der Waals surface area contributed by atoms with Gasteiger partial charge < -0.3 is 25.0 Å². The predicted molar refractivity (Wildman–Crippen MR) is 231 cm³/mol. The average molecular weight is 916 g/mol. The maximum absolute atomic E-state index is 15.5. The minimum atomic E-state index is -4.15. The molecule has 0 unspecified atom stereocenters. The molecule has 3 N–H and O–H groups in total. The van der Waals surface area contributed by atoms with Crippen molar-refractivity contribution in [3.8, 4) is 0 Å². The summed E-state index contributed by atoms with van der Waals surface area (Å²) in [7, 11) is -4.15. The van der Waals surface area contributed by atoms with E-state index in [9.17, 15) is 36.8 Å². The number of hydrogen-bond acceptors (Lipinski definition) is 10. The van der Waals surface area contributed by atoms with Crippen LogP contribution in [0.5, 0.6) is 0 Å². The Labute approximate surface area is 375 Å². The van der Waals surface area contributed by atoms with Gasteiger partial charge in [0.05, 0.1) is 0 Å². The van der Waals surface area contributed by atoms with Crippen LogP contribution in [0.1, 0.15) is 117 Å². The lowest BCUT2D eigenvalue weighted by molar-refractivity contribution is -0.143. The van der Waals surface area contributed by atoms with E-state index >= 15 is 4.79 Å². The highest BCUT2D eigenvalue weighted by atomic mass is 32.2. The Hall–Kier alpha value is -3.97. The van der Waals surface area contributed by atoms with Gasteiger partial charge in [0.15, 0.2) is 0 Å². The fourth-order valence-electron chi connectivity index (χ4n) is 12.8. The van der Waals surface area contributed by atoms with E-state index in [2.05, 4.69) is 40.8 Å². The van der Waals surface area contributed by atoms with Gasteiger partial charge in [0, 0.05) is 56.6 Å². The zero-order chi connectivity index (χ0) is 45.7. The van der Waals surface area contributed by atoms with Crippen molar-refractivity contribution in [2.24, 2.45) is 39.0 Å². The number of hydrogen-bond donors (Lipinski definition) is 3. The number of nitrogens with one attached hydrogen (secondary N) is 3. The minimum Gasteiger partial charge on any atom is -0.447 e. The summed E-state index contributed by atoms with van der Waals surface area (Å²) in [5.74, 6) is -4.49. The molecule has 0 aromatic rings. The quantitative estimate of drug-likeness (QED) is 0.171. The maximum Gasteiger partial charge on any atom is 0.410 e. The first-order chi connectivity index (χ1) is 30.6. The van der Waals surface area contributed by atoms with E-state index in [1.54, 1.807) is 4.90 Å². The highest BCUT2D eigenvalue weighted by Gasteiger charge is 2.85. The molecule has 0 radical (unpaired) electrons. The first-order valence-corrected chi connectivity index (χ1v) is 25.1. The van der Waals surface area contributed by atoms with Crippen LogP contribution in [0.25, 0.3) is 0 Å². The van der Waals surface area contributed by atoms with Gasteiger partial charge in [-0.05, 0) is 93.8 Å². The Bertz CT molecular complexity index is 2030. The van der Waals surface area contributed by atoms with Crippen molar-refractivity contribution >= 4 is 51.6 Å². The number of alkyl halides is 1. The summed E-state index contributed by atoms with van der Waals surface area (Å²) in [6.07, 6.45) is 11.0. The number of carbonyl (C=O) groups is 6. The lowest BCUT2D eigenvalue weighted by Gasteiger charge is -2.36. The van der Waals surface area contributed by atoms with Gasteiger partial charge in [-0.1, -0.05) is 45.6 Å². The molecule has 6 atom stereocenters. The zero-order valence-electron chi connectivity index (χ0n) is 37.4. The van der Waals surface area contributed by atoms with E-state index in [4.69, 9.17) is 9.47 Å². The van der Waals surface area contributed by atoms with E-state index < -0.39 is 94.1 Å². The van der Waals surface area contributed by atoms with Crippen LogP contribution >= 0.6 is 0 Å². The smallest absolute Gasteiger partial charge is 0.410 e.